The van der Waals surface area contributed by atoms with Gasteiger partial charge in [0.1, 0.15) is 0 Å². The summed E-state index contributed by atoms with van der Waals surface area (Å²) in [7, 11) is 0. The van der Waals surface area contributed by atoms with Crippen LogP contribution < -0.4 is 10.2 Å². The lowest BCUT2D eigenvalue weighted by atomic mass is 10.1. The third-order valence-corrected chi connectivity index (χ3v) is 4.66. The van der Waals surface area contributed by atoms with Gasteiger partial charge in [0, 0.05) is 48.7 Å². The average Bonchev–Trinajstić information content (AvgIpc) is 3.06. The fourth-order valence-corrected chi connectivity index (χ4v) is 3.39. The molecule has 2 heterocycles. The zero-order chi connectivity index (χ0) is 15.9. The van der Waals surface area contributed by atoms with Crippen LogP contribution >= 0.6 is 11.3 Å². The minimum absolute atomic E-state index is 0.788. The van der Waals surface area contributed by atoms with E-state index in [1.807, 2.05) is 18.3 Å². The highest BCUT2D eigenvalue weighted by Crippen LogP contribution is 2.25. The van der Waals surface area contributed by atoms with Gasteiger partial charge in [-0.3, -0.25) is 0 Å². The van der Waals surface area contributed by atoms with Gasteiger partial charge in [-0.15, -0.1) is 11.3 Å². The topological polar surface area (TPSA) is 61.2 Å². The molecule has 0 radical (unpaired) electrons. The van der Waals surface area contributed by atoms with Crippen molar-refractivity contribution in [2.24, 2.45) is 0 Å². The maximum atomic E-state index is 6.94. The fraction of sp³-hybridized carbons (Fsp3) is 0.294. The Balaban J connectivity index is 1.59. The monoisotopic (exact) mass is 328 g/mol. The minimum atomic E-state index is 0.788. The van der Waals surface area contributed by atoms with Crippen LogP contribution in [0, 0.1) is 5.41 Å². The smallest absolute Gasteiger partial charge is 0.185 e. The normalized spacial score (nSPS) is 15.0. The molecule has 0 aliphatic carbocycles. The molecule has 3 rings (SSSR count). The number of nitrogens with zero attached hydrogens (tertiary/aromatic N) is 2. The molecular formula is C17H20N4OS. The van der Waals surface area contributed by atoms with E-state index >= 15 is 0 Å². The van der Waals surface area contributed by atoms with E-state index in [9.17, 15) is 0 Å². The number of morpholine rings is 1. The Morgan fingerprint density at radius 1 is 1.26 bits per heavy atom. The zero-order valence-electron chi connectivity index (χ0n) is 12.9. The molecule has 0 spiro atoms. The van der Waals surface area contributed by atoms with Crippen LogP contribution in [0.5, 0.6) is 0 Å². The first-order valence-electron chi connectivity index (χ1n) is 7.63. The molecule has 0 amide bonds. The van der Waals surface area contributed by atoms with Gasteiger partial charge in [0.15, 0.2) is 5.13 Å². The molecule has 1 fully saturated rings. The molecule has 1 aromatic carbocycles. The predicted octanol–water partition coefficient (Wildman–Crippen LogP) is 3.15. The average molecular weight is 328 g/mol. The largest absolute Gasteiger partial charge is 0.378 e. The van der Waals surface area contributed by atoms with Crippen molar-refractivity contribution in [2.45, 2.75) is 6.42 Å². The molecule has 1 saturated heterocycles. The van der Waals surface area contributed by atoms with Crippen LogP contribution in [0.4, 0.5) is 10.8 Å². The lowest BCUT2D eigenvalue weighted by Gasteiger charge is -2.25. The van der Waals surface area contributed by atoms with E-state index in [1.165, 1.54) is 16.7 Å². The Labute approximate surface area is 140 Å². The zero-order valence-corrected chi connectivity index (χ0v) is 13.7. The maximum absolute atomic E-state index is 6.94. The number of allylic oxidation sites excluding steroid dienone is 1. The van der Waals surface area contributed by atoms with Crippen LogP contribution in [0.1, 0.15) is 10.4 Å². The van der Waals surface area contributed by atoms with E-state index in [-0.39, 0.29) is 0 Å². The van der Waals surface area contributed by atoms with Gasteiger partial charge in [0.25, 0.3) is 0 Å². The van der Waals surface area contributed by atoms with E-state index in [0.29, 0.717) is 0 Å². The second-order valence-corrected chi connectivity index (χ2v) is 6.35. The molecule has 5 nitrogen and oxygen atoms in total. The predicted molar refractivity (Wildman–Crippen MR) is 95.9 cm³/mol. The first-order valence-corrected chi connectivity index (χ1v) is 8.45. The van der Waals surface area contributed by atoms with Crippen molar-refractivity contribution in [3.05, 3.63) is 53.2 Å². The molecule has 2 N–H and O–H groups in total. The van der Waals surface area contributed by atoms with Crippen LogP contribution in [0.15, 0.2) is 42.7 Å². The minimum Gasteiger partial charge on any atom is -0.378 e. The summed E-state index contributed by atoms with van der Waals surface area (Å²) in [5, 5.41) is 11.2. The summed E-state index contributed by atoms with van der Waals surface area (Å²) in [6, 6.07) is 8.34. The van der Waals surface area contributed by atoms with Crippen LogP contribution in [0.2, 0.25) is 0 Å². The number of hydrogen-bond donors (Lipinski definition) is 2. The van der Waals surface area contributed by atoms with Crippen molar-refractivity contribution in [1.82, 2.24) is 4.98 Å². The number of hydrogen-bond acceptors (Lipinski definition) is 6. The van der Waals surface area contributed by atoms with Gasteiger partial charge in [0.2, 0.25) is 0 Å². The third kappa shape index (κ3) is 4.40. The highest BCUT2D eigenvalue weighted by Gasteiger charge is 2.14. The molecule has 1 aliphatic heterocycles. The highest BCUT2D eigenvalue weighted by molar-refractivity contribution is 7.15. The summed E-state index contributed by atoms with van der Waals surface area (Å²) in [5.74, 6) is 0. The van der Waals surface area contributed by atoms with Gasteiger partial charge in [-0.05, 0) is 23.8 Å². The van der Waals surface area contributed by atoms with Crippen LogP contribution in [0.3, 0.4) is 0 Å². The molecule has 6 heteroatoms. The molecule has 2 aromatic rings. The van der Waals surface area contributed by atoms with E-state index in [1.54, 1.807) is 23.6 Å². The number of anilines is 2. The number of thiazole rings is 1. The van der Waals surface area contributed by atoms with Crippen LogP contribution in [-0.4, -0.2) is 37.5 Å². The maximum Gasteiger partial charge on any atom is 0.185 e. The quantitative estimate of drug-likeness (QED) is 0.800. The van der Waals surface area contributed by atoms with Crippen molar-refractivity contribution in [1.29, 1.82) is 5.41 Å². The van der Waals surface area contributed by atoms with Gasteiger partial charge in [-0.1, -0.05) is 12.1 Å². The standard InChI is InChI=1S/C17H20N4OS/c18-6-1-7-19-15-4-2-14(3-5-15)12-16-13-20-17(23-16)21-8-10-22-11-9-21/h1-7,13,18-19H,8-12H2/b7-1-,18-6?. The fourth-order valence-electron chi connectivity index (χ4n) is 2.39. The number of ether oxygens (including phenoxy) is 1. The number of aromatic nitrogens is 1. The van der Waals surface area contributed by atoms with E-state index < -0.39 is 0 Å². The molecule has 0 atom stereocenters. The van der Waals surface area contributed by atoms with Gasteiger partial charge in [0.05, 0.1) is 13.2 Å². The number of nitrogens with one attached hydrogen (secondary N) is 2. The van der Waals surface area contributed by atoms with Crippen LogP contribution in [0.25, 0.3) is 0 Å². The van der Waals surface area contributed by atoms with Crippen LogP contribution in [-0.2, 0) is 11.2 Å². The lowest BCUT2D eigenvalue weighted by molar-refractivity contribution is 0.122. The molecule has 120 valence electrons. The van der Waals surface area contributed by atoms with Gasteiger partial charge < -0.3 is 20.4 Å². The van der Waals surface area contributed by atoms with Crippen molar-refractivity contribution in [2.75, 3.05) is 36.5 Å². The second-order valence-electron chi connectivity index (χ2n) is 5.25. The molecule has 0 bridgehead atoms. The lowest BCUT2D eigenvalue weighted by Crippen LogP contribution is -2.36. The second kappa shape index (κ2) is 7.89. The van der Waals surface area contributed by atoms with Gasteiger partial charge in [-0.25, -0.2) is 4.98 Å². The Morgan fingerprint density at radius 2 is 2.04 bits per heavy atom. The molecular weight excluding hydrogens is 308 g/mol. The Bertz CT molecular complexity index is 659. The van der Waals surface area contributed by atoms with Crippen molar-refractivity contribution >= 4 is 28.4 Å². The summed E-state index contributed by atoms with van der Waals surface area (Å²) in [5.41, 5.74) is 2.29. The molecule has 0 saturated carbocycles. The summed E-state index contributed by atoms with van der Waals surface area (Å²) >= 11 is 1.76. The van der Waals surface area contributed by atoms with Gasteiger partial charge in [-0.2, -0.15) is 0 Å². The first-order chi connectivity index (χ1) is 11.3. The Morgan fingerprint density at radius 3 is 2.78 bits per heavy atom. The molecule has 1 aliphatic rings. The highest BCUT2D eigenvalue weighted by atomic mass is 32.1. The van der Waals surface area contributed by atoms with Gasteiger partial charge >= 0.3 is 0 Å². The Hall–Kier alpha value is -2.18. The van der Waals surface area contributed by atoms with E-state index in [0.717, 1.165) is 43.5 Å². The first kappa shape index (κ1) is 15.7. The SMILES string of the molecule is N=C/C=C\Nc1ccc(Cc2cnc(N3CCOCC3)s2)cc1. The van der Waals surface area contributed by atoms with Crippen molar-refractivity contribution < 1.29 is 4.74 Å². The van der Waals surface area contributed by atoms with Crippen molar-refractivity contribution in [3.8, 4) is 0 Å². The number of benzene rings is 1. The summed E-state index contributed by atoms with van der Waals surface area (Å²) in [6.45, 7) is 3.43. The number of rotatable bonds is 6. The summed E-state index contributed by atoms with van der Waals surface area (Å²) in [4.78, 5) is 8.12. The molecule has 0 unspecified atom stereocenters. The van der Waals surface area contributed by atoms with E-state index in [2.05, 4.69) is 27.3 Å². The van der Waals surface area contributed by atoms with Crippen molar-refractivity contribution in [3.63, 3.8) is 0 Å². The third-order valence-electron chi connectivity index (χ3n) is 3.60. The molecule has 23 heavy (non-hydrogen) atoms. The summed E-state index contributed by atoms with van der Waals surface area (Å²) < 4.78 is 5.38. The Kier molecular flexibility index (Phi) is 5.39. The van der Waals surface area contributed by atoms with E-state index in [4.69, 9.17) is 10.1 Å². The summed E-state index contributed by atoms with van der Waals surface area (Å²) in [6.07, 6.45) is 7.53. The molecule has 1 aromatic heterocycles.